The first-order chi connectivity index (χ1) is 8.97. The number of nitrogens with one attached hydrogen (secondary N) is 1. The maximum atomic E-state index is 12.0. The molecule has 3 N–H and O–H groups in total. The number of primary amides is 1. The van der Waals surface area contributed by atoms with Gasteiger partial charge in [-0.15, -0.1) is 11.3 Å². The van der Waals surface area contributed by atoms with Crippen LogP contribution in [0.2, 0.25) is 0 Å². The molecule has 0 bridgehead atoms. The highest BCUT2D eigenvalue weighted by Crippen LogP contribution is 2.21. The Labute approximate surface area is 114 Å². The van der Waals surface area contributed by atoms with Crippen LogP contribution in [0.4, 0.5) is 5.13 Å². The van der Waals surface area contributed by atoms with Crippen LogP contribution in [0, 0.1) is 13.8 Å². The number of hydrogen-bond acceptors (Lipinski definition) is 4. The highest BCUT2D eigenvalue weighted by atomic mass is 32.1. The second kappa shape index (κ2) is 5.19. The number of anilines is 1. The van der Waals surface area contributed by atoms with Crippen molar-refractivity contribution in [1.82, 2.24) is 4.98 Å². The van der Waals surface area contributed by atoms with Crippen molar-refractivity contribution in [3.05, 3.63) is 46.0 Å². The number of hydrogen-bond donors (Lipinski definition) is 2. The van der Waals surface area contributed by atoms with Crippen molar-refractivity contribution in [2.45, 2.75) is 13.8 Å². The molecule has 6 heteroatoms. The van der Waals surface area contributed by atoms with E-state index in [1.165, 1.54) is 23.5 Å². The zero-order valence-electron chi connectivity index (χ0n) is 10.6. The monoisotopic (exact) mass is 275 g/mol. The quantitative estimate of drug-likeness (QED) is 0.899. The summed E-state index contributed by atoms with van der Waals surface area (Å²) in [4.78, 5) is 28.2. The maximum absolute atomic E-state index is 12.0. The number of rotatable bonds is 3. The summed E-state index contributed by atoms with van der Waals surface area (Å²) in [5.74, 6) is -0.775. The number of carbonyl (C=O) groups excluding carboxylic acids is 2. The van der Waals surface area contributed by atoms with E-state index in [4.69, 9.17) is 5.73 Å². The van der Waals surface area contributed by atoms with Gasteiger partial charge in [0, 0.05) is 16.0 Å². The molecule has 1 heterocycles. The minimum Gasteiger partial charge on any atom is -0.366 e. The van der Waals surface area contributed by atoms with Gasteiger partial charge in [0.2, 0.25) is 5.91 Å². The van der Waals surface area contributed by atoms with Gasteiger partial charge in [-0.25, -0.2) is 4.98 Å². The fourth-order valence-corrected chi connectivity index (χ4v) is 2.29. The predicted octanol–water partition coefficient (Wildman–Crippen LogP) is 2.11. The number of benzene rings is 1. The van der Waals surface area contributed by atoms with E-state index < -0.39 is 5.91 Å². The molecule has 19 heavy (non-hydrogen) atoms. The van der Waals surface area contributed by atoms with Crippen LogP contribution in [0.3, 0.4) is 0 Å². The van der Waals surface area contributed by atoms with E-state index in [0.717, 1.165) is 10.6 Å². The molecule has 0 aliphatic carbocycles. The smallest absolute Gasteiger partial charge is 0.257 e. The molecule has 5 nitrogen and oxygen atoms in total. The summed E-state index contributed by atoms with van der Waals surface area (Å²) in [7, 11) is 0. The first kappa shape index (κ1) is 13.2. The van der Waals surface area contributed by atoms with Crippen LogP contribution in [0.5, 0.6) is 0 Å². The third-order valence-electron chi connectivity index (χ3n) is 2.68. The van der Waals surface area contributed by atoms with E-state index in [9.17, 15) is 9.59 Å². The molecular formula is C13H13N3O2S. The molecule has 0 aliphatic rings. The normalized spacial score (nSPS) is 10.2. The summed E-state index contributed by atoms with van der Waals surface area (Å²) in [5.41, 5.74) is 6.87. The number of carbonyl (C=O) groups is 2. The molecule has 0 fully saturated rings. The van der Waals surface area contributed by atoms with Gasteiger partial charge in [-0.1, -0.05) is 0 Å². The molecule has 0 spiro atoms. The average Bonchev–Trinajstić information content (AvgIpc) is 2.68. The Morgan fingerprint density at radius 3 is 2.21 bits per heavy atom. The van der Waals surface area contributed by atoms with Gasteiger partial charge in [-0.2, -0.15) is 0 Å². The second-order valence-corrected chi connectivity index (χ2v) is 5.26. The molecule has 0 saturated carbocycles. The summed E-state index contributed by atoms with van der Waals surface area (Å²) in [6, 6.07) is 6.16. The molecule has 2 amide bonds. The molecule has 0 unspecified atom stereocenters. The highest BCUT2D eigenvalue weighted by molar-refractivity contribution is 7.15. The Balaban J connectivity index is 2.13. The summed E-state index contributed by atoms with van der Waals surface area (Å²) in [6.45, 7) is 3.84. The molecule has 0 saturated heterocycles. The zero-order valence-corrected chi connectivity index (χ0v) is 11.4. The standard InChI is InChI=1S/C13H13N3O2S/c1-7-8(2)19-13(15-7)16-12(18)10-5-3-9(4-6-10)11(14)17/h3-6H,1-2H3,(H2,14,17)(H,15,16,18). The molecule has 0 atom stereocenters. The van der Waals surface area contributed by atoms with Crippen molar-refractivity contribution in [1.29, 1.82) is 0 Å². The maximum Gasteiger partial charge on any atom is 0.257 e. The van der Waals surface area contributed by atoms with Crippen molar-refractivity contribution in [2.75, 3.05) is 5.32 Å². The topological polar surface area (TPSA) is 85.1 Å². The van der Waals surface area contributed by atoms with Gasteiger partial charge in [0.25, 0.3) is 5.91 Å². The Morgan fingerprint density at radius 1 is 1.16 bits per heavy atom. The van der Waals surface area contributed by atoms with Crippen molar-refractivity contribution in [3.8, 4) is 0 Å². The first-order valence-corrected chi connectivity index (χ1v) is 6.44. The Hall–Kier alpha value is -2.21. The van der Waals surface area contributed by atoms with Crippen LogP contribution in [-0.2, 0) is 0 Å². The SMILES string of the molecule is Cc1nc(NC(=O)c2ccc(C(N)=O)cc2)sc1C. The Bertz CT molecular complexity index is 612. The lowest BCUT2D eigenvalue weighted by Crippen LogP contribution is -2.14. The minimum atomic E-state index is -0.516. The third-order valence-corrected chi connectivity index (χ3v) is 3.67. The molecule has 2 aromatic rings. The molecule has 0 radical (unpaired) electrons. The lowest BCUT2D eigenvalue weighted by atomic mass is 10.1. The largest absolute Gasteiger partial charge is 0.366 e. The van der Waals surface area contributed by atoms with Crippen molar-refractivity contribution >= 4 is 28.3 Å². The van der Waals surface area contributed by atoms with Crippen LogP contribution in [-0.4, -0.2) is 16.8 Å². The van der Waals surface area contributed by atoms with Gasteiger partial charge in [0.1, 0.15) is 0 Å². The van der Waals surface area contributed by atoms with Crippen molar-refractivity contribution in [2.24, 2.45) is 5.73 Å². The molecule has 1 aromatic carbocycles. The van der Waals surface area contributed by atoms with Crippen LogP contribution in [0.25, 0.3) is 0 Å². The van der Waals surface area contributed by atoms with Gasteiger partial charge in [-0.05, 0) is 38.1 Å². The fourth-order valence-electron chi connectivity index (χ4n) is 1.48. The van der Waals surface area contributed by atoms with Crippen LogP contribution < -0.4 is 11.1 Å². The van der Waals surface area contributed by atoms with E-state index in [1.54, 1.807) is 12.1 Å². The lowest BCUT2D eigenvalue weighted by molar-refractivity contribution is 0.0995. The van der Waals surface area contributed by atoms with E-state index in [0.29, 0.717) is 16.3 Å². The van der Waals surface area contributed by atoms with Gasteiger partial charge in [0.15, 0.2) is 5.13 Å². The second-order valence-electron chi connectivity index (χ2n) is 4.06. The summed E-state index contributed by atoms with van der Waals surface area (Å²) < 4.78 is 0. The molecule has 2 rings (SSSR count). The van der Waals surface area contributed by atoms with Gasteiger partial charge >= 0.3 is 0 Å². The van der Waals surface area contributed by atoms with Crippen molar-refractivity contribution in [3.63, 3.8) is 0 Å². The molecular weight excluding hydrogens is 262 g/mol. The summed E-state index contributed by atoms with van der Waals surface area (Å²) >= 11 is 1.43. The Kier molecular flexibility index (Phi) is 3.62. The van der Waals surface area contributed by atoms with Gasteiger partial charge in [-0.3, -0.25) is 14.9 Å². The molecule has 98 valence electrons. The van der Waals surface area contributed by atoms with E-state index in [1.807, 2.05) is 13.8 Å². The van der Waals surface area contributed by atoms with E-state index in [-0.39, 0.29) is 5.91 Å². The van der Waals surface area contributed by atoms with Gasteiger partial charge in [0.05, 0.1) is 5.69 Å². The summed E-state index contributed by atoms with van der Waals surface area (Å²) in [6.07, 6.45) is 0. The van der Waals surface area contributed by atoms with Gasteiger partial charge < -0.3 is 5.73 Å². The first-order valence-electron chi connectivity index (χ1n) is 5.62. The summed E-state index contributed by atoms with van der Waals surface area (Å²) in [5, 5.41) is 3.29. The number of aryl methyl sites for hydroxylation is 2. The van der Waals surface area contributed by atoms with Crippen LogP contribution >= 0.6 is 11.3 Å². The zero-order chi connectivity index (χ0) is 14.0. The third kappa shape index (κ3) is 2.97. The predicted molar refractivity (Wildman–Crippen MR) is 74.5 cm³/mol. The number of amides is 2. The van der Waals surface area contributed by atoms with Crippen LogP contribution in [0.15, 0.2) is 24.3 Å². The number of nitrogens with zero attached hydrogens (tertiary/aromatic N) is 1. The highest BCUT2D eigenvalue weighted by Gasteiger charge is 2.10. The fraction of sp³-hybridized carbons (Fsp3) is 0.154. The van der Waals surface area contributed by atoms with E-state index in [2.05, 4.69) is 10.3 Å². The number of aromatic nitrogens is 1. The molecule has 1 aromatic heterocycles. The minimum absolute atomic E-state index is 0.259. The number of nitrogens with two attached hydrogens (primary N) is 1. The number of thiazole rings is 1. The van der Waals surface area contributed by atoms with E-state index >= 15 is 0 Å². The van der Waals surface area contributed by atoms with Crippen LogP contribution in [0.1, 0.15) is 31.3 Å². The molecule has 0 aliphatic heterocycles. The lowest BCUT2D eigenvalue weighted by Gasteiger charge is -2.02. The average molecular weight is 275 g/mol. The van der Waals surface area contributed by atoms with Crippen molar-refractivity contribution < 1.29 is 9.59 Å². The Morgan fingerprint density at radius 2 is 1.74 bits per heavy atom.